The van der Waals surface area contributed by atoms with Crippen LogP contribution in [0, 0.1) is 0 Å². The molecule has 0 atom stereocenters. The molecule has 2 aromatic rings. The van der Waals surface area contributed by atoms with Crippen molar-refractivity contribution in [3.05, 3.63) is 62.0 Å². The third kappa shape index (κ3) is 3.89. The van der Waals surface area contributed by atoms with E-state index in [1.807, 2.05) is 37.4 Å². The van der Waals surface area contributed by atoms with E-state index in [0.717, 1.165) is 27.9 Å². The van der Waals surface area contributed by atoms with Crippen LogP contribution in [0.5, 0.6) is 5.75 Å². The lowest BCUT2D eigenvalue weighted by Crippen LogP contribution is -2.06. The maximum absolute atomic E-state index is 6.14. The summed E-state index contributed by atoms with van der Waals surface area (Å²) >= 11 is 15.6. The number of hydrogen-bond acceptors (Lipinski definition) is 2. The molecule has 2 rings (SSSR count). The second-order valence-electron chi connectivity index (χ2n) is 4.29. The predicted molar refractivity (Wildman–Crippen MR) is 87.7 cm³/mol. The molecule has 0 heterocycles. The molecule has 0 aliphatic heterocycles. The number of benzene rings is 2. The Bertz CT molecular complexity index is 604. The van der Waals surface area contributed by atoms with Gasteiger partial charge in [-0.3, -0.25) is 0 Å². The summed E-state index contributed by atoms with van der Waals surface area (Å²) in [5, 5.41) is 4.20. The molecule has 2 aromatic carbocycles. The van der Waals surface area contributed by atoms with Gasteiger partial charge in [0.2, 0.25) is 0 Å². The van der Waals surface area contributed by atoms with Gasteiger partial charge in [0.25, 0.3) is 0 Å². The molecule has 5 heteroatoms. The third-order valence-electron chi connectivity index (χ3n) is 2.81. The van der Waals surface area contributed by atoms with E-state index in [4.69, 9.17) is 27.9 Å². The van der Waals surface area contributed by atoms with Gasteiger partial charge in [-0.05, 0) is 36.9 Å². The first-order valence-corrected chi connectivity index (χ1v) is 7.65. The highest BCUT2D eigenvalue weighted by atomic mass is 79.9. The van der Waals surface area contributed by atoms with Crippen molar-refractivity contribution in [1.82, 2.24) is 5.32 Å². The molecular weight excluding hydrogens is 361 g/mol. The van der Waals surface area contributed by atoms with E-state index in [9.17, 15) is 0 Å². The van der Waals surface area contributed by atoms with Crippen molar-refractivity contribution in [1.29, 1.82) is 0 Å². The van der Waals surface area contributed by atoms with Gasteiger partial charge in [0.1, 0.15) is 12.4 Å². The quantitative estimate of drug-likeness (QED) is 0.790. The SMILES string of the molecule is CNCc1cc(OCc2cccc(Cl)c2Cl)ccc1Br. The molecule has 2 nitrogen and oxygen atoms in total. The summed E-state index contributed by atoms with van der Waals surface area (Å²) in [6.45, 7) is 1.16. The molecule has 0 aliphatic rings. The Morgan fingerprint density at radius 1 is 1.15 bits per heavy atom. The predicted octanol–water partition coefficient (Wildman–Crippen LogP) is 5.05. The van der Waals surface area contributed by atoms with Crippen LogP contribution >= 0.6 is 39.1 Å². The summed E-state index contributed by atoms with van der Waals surface area (Å²) in [6, 6.07) is 11.4. The molecule has 0 amide bonds. The second-order valence-corrected chi connectivity index (χ2v) is 5.92. The fourth-order valence-corrected chi connectivity index (χ4v) is 2.55. The largest absolute Gasteiger partial charge is 0.489 e. The Kier molecular flexibility index (Phi) is 5.73. The summed E-state index contributed by atoms with van der Waals surface area (Å²) in [4.78, 5) is 0. The first-order chi connectivity index (χ1) is 9.61. The van der Waals surface area contributed by atoms with Crippen molar-refractivity contribution in [2.45, 2.75) is 13.2 Å². The topological polar surface area (TPSA) is 21.3 Å². The molecule has 0 spiro atoms. The van der Waals surface area contributed by atoms with Gasteiger partial charge in [0.05, 0.1) is 10.0 Å². The number of ether oxygens (including phenoxy) is 1. The molecule has 0 bridgehead atoms. The van der Waals surface area contributed by atoms with Crippen LogP contribution in [-0.2, 0) is 13.2 Å². The Balaban J connectivity index is 2.11. The van der Waals surface area contributed by atoms with Crippen molar-refractivity contribution < 1.29 is 4.74 Å². The molecule has 0 fully saturated rings. The van der Waals surface area contributed by atoms with Crippen LogP contribution in [0.1, 0.15) is 11.1 Å². The minimum absolute atomic E-state index is 0.389. The molecule has 0 saturated heterocycles. The van der Waals surface area contributed by atoms with Crippen molar-refractivity contribution in [2.75, 3.05) is 7.05 Å². The van der Waals surface area contributed by atoms with E-state index < -0.39 is 0 Å². The summed E-state index contributed by atoms with van der Waals surface area (Å²) in [7, 11) is 1.91. The van der Waals surface area contributed by atoms with E-state index in [1.54, 1.807) is 6.07 Å². The lowest BCUT2D eigenvalue weighted by Gasteiger charge is -2.11. The second kappa shape index (κ2) is 7.32. The van der Waals surface area contributed by atoms with Crippen molar-refractivity contribution in [2.24, 2.45) is 0 Å². The van der Waals surface area contributed by atoms with Gasteiger partial charge >= 0.3 is 0 Å². The minimum atomic E-state index is 0.389. The number of hydrogen-bond donors (Lipinski definition) is 1. The normalized spacial score (nSPS) is 10.6. The van der Waals surface area contributed by atoms with E-state index in [-0.39, 0.29) is 0 Å². The first-order valence-electron chi connectivity index (χ1n) is 6.10. The summed E-state index contributed by atoms with van der Waals surface area (Å²) < 4.78 is 6.83. The van der Waals surface area contributed by atoms with Crippen LogP contribution in [0.25, 0.3) is 0 Å². The number of nitrogens with one attached hydrogen (secondary N) is 1. The van der Waals surface area contributed by atoms with Crippen LogP contribution in [0.4, 0.5) is 0 Å². The van der Waals surface area contributed by atoms with Gasteiger partial charge in [-0.25, -0.2) is 0 Å². The Morgan fingerprint density at radius 2 is 1.95 bits per heavy atom. The highest BCUT2D eigenvalue weighted by Crippen LogP contribution is 2.27. The summed E-state index contributed by atoms with van der Waals surface area (Å²) in [5.74, 6) is 0.800. The van der Waals surface area contributed by atoms with Gasteiger partial charge in [-0.1, -0.05) is 51.3 Å². The summed E-state index contributed by atoms with van der Waals surface area (Å²) in [6.07, 6.45) is 0. The zero-order valence-corrected chi connectivity index (χ0v) is 14.0. The fraction of sp³-hybridized carbons (Fsp3) is 0.200. The number of rotatable bonds is 5. The molecule has 0 unspecified atom stereocenters. The molecule has 0 aromatic heterocycles. The molecule has 0 saturated carbocycles. The van der Waals surface area contributed by atoms with E-state index in [2.05, 4.69) is 21.2 Å². The maximum atomic E-state index is 6.14. The van der Waals surface area contributed by atoms with Crippen molar-refractivity contribution in [3.8, 4) is 5.75 Å². The molecular formula is C15H14BrCl2NO. The molecule has 0 radical (unpaired) electrons. The van der Waals surface area contributed by atoms with Gasteiger partial charge in [0, 0.05) is 16.6 Å². The van der Waals surface area contributed by atoms with Gasteiger partial charge in [-0.2, -0.15) is 0 Å². The zero-order chi connectivity index (χ0) is 14.5. The molecule has 1 N–H and O–H groups in total. The highest BCUT2D eigenvalue weighted by Gasteiger charge is 2.06. The number of halogens is 3. The monoisotopic (exact) mass is 373 g/mol. The Morgan fingerprint density at radius 3 is 2.70 bits per heavy atom. The fourth-order valence-electron chi connectivity index (χ4n) is 1.79. The smallest absolute Gasteiger partial charge is 0.120 e. The van der Waals surface area contributed by atoms with E-state index in [0.29, 0.717) is 16.7 Å². The zero-order valence-electron chi connectivity index (χ0n) is 10.9. The van der Waals surface area contributed by atoms with Crippen LogP contribution in [-0.4, -0.2) is 7.05 Å². The molecule has 0 aliphatic carbocycles. The van der Waals surface area contributed by atoms with Crippen LogP contribution < -0.4 is 10.1 Å². The van der Waals surface area contributed by atoms with Crippen LogP contribution in [0.3, 0.4) is 0 Å². The van der Waals surface area contributed by atoms with Crippen molar-refractivity contribution >= 4 is 39.1 Å². The minimum Gasteiger partial charge on any atom is -0.489 e. The lowest BCUT2D eigenvalue weighted by atomic mass is 10.2. The standard InChI is InChI=1S/C15H14BrCl2NO/c1-19-8-11-7-12(5-6-13(11)16)20-9-10-3-2-4-14(17)15(10)18/h2-7,19H,8-9H2,1H3. The van der Waals surface area contributed by atoms with E-state index in [1.165, 1.54) is 0 Å². The van der Waals surface area contributed by atoms with E-state index >= 15 is 0 Å². The molecule has 106 valence electrons. The average molecular weight is 375 g/mol. The lowest BCUT2D eigenvalue weighted by molar-refractivity contribution is 0.306. The average Bonchev–Trinajstić information content (AvgIpc) is 2.44. The highest BCUT2D eigenvalue weighted by molar-refractivity contribution is 9.10. The van der Waals surface area contributed by atoms with Gasteiger partial charge < -0.3 is 10.1 Å². The Labute approximate surface area is 137 Å². The summed E-state index contributed by atoms with van der Waals surface area (Å²) in [5.41, 5.74) is 2.01. The van der Waals surface area contributed by atoms with Crippen LogP contribution in [0.2, 0.25) is 10.0 Å². The van der Waals surface area contributed by atoms with Crippen molar-refractivity contribution in [3.63, 3.8) is 0 Å². The first kappa shape index (κ1) is 15.6. The molecule has 20 heavy (non-hydrogen) atoms. The van der Waals surface area contributed by atoms with Gasteiger partial charge in [0.15, 0.2) is 0 Å². The van der Waals surface area contributed by atoms with Gasteiger partial charge in [-0.15, -0.1) is 0 Å². The third-order valence-corrected chi connectivity index (χ3v) is 4.44. The maximum Gasteiger partial charge on any atom is 0.120 e. The Hall–Kier alpha value is -0.740. The van der Waals surface area contributed by atoms with Crippen LogP contribution in [0.15, 0.2) is 40.9 Å².